The van der Waals surface area contributed by atoms with Crippen molar-refractivity contribution in [1.82, 2.24) is 18.3 Å². The zero-order valence-electron chi connectivity index (χ0n) is 33.2. The molecule has 4 aromatic heterocycles. The molecule has 5 nitrogen and oxygen atoms in total. The number of nitrogens with zero attached hydrogens (tertiary/aromatic N) is 5. The van der Waals surface area contributed by atoms with Gasteiger partial charge in [0, 0.05) is 65.8 Å². The first kappa shape index (κ1) is 33.6. The van der Waals surface area contributed by atoms with Crippen LogP contribution in [0.5, 0.6) is 0 Å². The van der Waals surface area contributed by atoms with Crippen LogP contribution in [0.1, 0.15) is 11.1 Å². The van der Waals surface area contributed by atoms with E-state index in [1.54, 1.807) is 0 Å². The Morgan fingerprint density at radius 3 is 1.46 bits per heavy atom. The monoisotopic (exact) mass is 777 g/mol. The third-order valence-corrected chi connectivity index (χ3v) is 12.8. The quantitative estimate of drug-likeness (QED) is 0.175. The van der Waals surface area contributed by atoms with Gasteiger partial charge in [-0.1, -0.05) is 97.1 Å². The van der Waals surface area contributed by atoms with Crippen molar-refractivity contribution >= 4 is 87.2 Å². The molecule has 61 heavy (non-hydrogen) atoms. The van der Waals surface area contributed by atoms with Crippen LogP contribution in [0.3, 0.4) is 0 Å². The molecule has 0 aliphatic rings. The minimum Gasteiger partial charge on any atom is -0.309 e. The van der Waals surface area contributed by atoms with Crippen molar-refractivity contribution in [3.8, 4) is 28.8 Å². The average molecular weight is 778 g/mol. The second kappa shape index (κ2) is 12.6. The minimum absolute atomic E-state index is 0.655. The SMILES string of the molecule is Cc1cc2c(c3ccccc3n2-c2ccccc2)c2c1c1cc(-n3c4ccccc4c4c3ccc3c5cc(C#N)ccc5n(-c5ccccc5)c34)ccc1n2-c1ccccc1. The summed E-state index contributed by atoms with van der Waals surface area (Å²) in [6.07, 6.45) is 0. The highest BCUT2D eigenvalue weighted by Gasteiger charge is 2.25. The summed E-state index contributed by atoms with van der Waals surface area (Å²) in [6, 6.07) is 72.1. The van der Waals surface area contributed by atoms with Gasteiger partial charge in [0.2, 0.25) is 0 Å². The lowest BCUT2D eigenvalue weighted by Gasteiger charge is -2.11. The van der Waals surface area contributed by atoms with Gasteiger partial charge in [-0.15, -0.1) is 0 Å². The lowest BCUT2D eigenvalue weighted by molar-refractivity contribution is 1.16. The molecule has 0 N–H and O–H groups in total. The summed E-state index contributed by atoms with van der Waals surface area (Å²) in [5.41, 5.74) is 15.6. The van der Waals surface area contributed by atoms with Crippen LogP contribution in [0.4, 0.5) is 0 Å². The maximum absolute atomic E-state index is 9.94. The molecule has 0 aliphatic heterocycles. The fraction of sp³-hybridized carbons (Fsp3) is 0.0179. The minimum atomic E-state index is 0.655. The number of fused-ring (bicyclic) bond motifs is 14. The number of benzene rings is 9. The van der Waals surface area contributed by atoms with E-state index in [0.29, 0.717) is 5.56 Å². The Labute approximate surface area is 350 Å². The molecule has 284 valence electrons. The van der Waals surface area contributed by atoms with Crippen LogP contribution < -0.4 is 0 Å². The van der Waals surface area contributed by atoms with Gasteiger partial charge in [-0.2, -0.15) is 5.26 Å². The van der Waals surface area contributed by atoms with Crippen molar-refractivity contribution in [2.45, 2.75) is 6.92 Å². The van der Waals surface area contributed by atoms with E-state index in [4.69, 9.17) is 0 Å². The van der Waals surface area contributed by atoms with Crippen molar-refractivity contribution in [1.29, 1.82) is 5.26 Å². The summed E-state index contributed by atoms with van der Waals surface area (Å²) in [5.74, 6) is 0. The van der Waals surface area contributed by atoms with Gasteiger partial charge in [0.25, 0.3) is 0 Å². The second-order valence-corrected chi connectivity index (χ2v) is 16.1. The smallest absolute Gasteiger partial charge is 0.0991 e. The topological polar surface area (TPSA) is 43.5 Å². The Bertz CT molecular complexity index is 3990. The standard InChI is InChI=1S/C56H35N5/c1-35-31-51-54(43-22-12-13-23-46(43)58(51)37-15-5-2-6-16-37)56-52(35)45-33-40(26-29-49(45)61(56)39-19-9-4-10-20-39)59-47-24-14-11-21-42(47)53-50(59)30-27-41-44-32-36(34-57)25-28-48(44)60(55(41)53)38-17-7-3-8-18-38/h2-33H,1H3. The molecule has 0 radical (unpaired) electrons. The third-order valence-electron chi connectivity index (χ3n) is 12.8. The predicted octanol–water partition coefficient (Wildman–Crippen LogP) is 14.3. The Morgan fingerprint density at radius 2 is 0.820 bits per heavy atom. The molecule has 9 aromatic carbocycles. The van der Waals surface area contributed by atoms with E-state index in [0.717, 1.165) is 61.1 Å². The Balaban J connectivity index is 1.17. The summed E-state index contributed by atoms with van der Waals surface area (Å²) in [4.78, 5) is 0. The van der Waals surface area contributed by atoms with Crippen molar-refractivity contribution in [2.75, 3.05) is 0 Å². The van der Waals surface area contributed by atoms with Crippen molar-refractivity contribution in [2.24, 2.45) is 0 Å². The van der Waals surface area contributed by atoms with E-state index in [2.05, 4.69) is 213 Å². The van der Waals surface area contributed by atoms with E-state index in [-0.39, 0.29) is 0 Å². The Kier molecular flexibility index (Phi) is 6.94. The third kappa shape index (κ3) is 4.59. The number of aromatic nitrogens is 4. The molecule has 13 aromatic rings. The fourth-order valence-electron chi connectivity index (χ4n) is 10.4. The summed E-state index contributed by atoms with van der Waals surface area (Å²) >= 11 is 0. The van der Waals surface area contributed by atoms with Crippen LogP contribution in [0.15, 0.2) is 194 Å². The maximum atomic E-state index is 9.94. The molecule has 5 heteroatoms. The molecule has 0 amide bonds. The Morgan fingerprint density at radius 1 is 0.328 bits per heavy atom. The van der Waals surface area contributed by atoms with Crippen LogP contribution in [0.25, 0.3) is 110 Å². The molecule has 0 unspecified atom stereocenters. The summed E-state index contributed by atoms with van der Waals surface area (Å²) < 4.78 is 9.72. The van der Waals surface area contributed by atoms with Gasteiger partial charge in [0.05, 0.1) is 55.8 Å². The number of nitriles is 1. The van der Waals surface area contributed by atoms with Crippen molar-refractivity contribution in [3.05, 3.63) is 205 Å². The van der Waals surface area contributed by atoms with Crippen molar-refractivity contribution in [3.63, 3.8) is 0 Å². The van der Waals surface area contributed by atoms with Crippen LogP contribution in [0.2, 0.25) is 0 Å². The Hall–Kier alpha value is -8.33. The van der Waals surface area contributed by atoms with Crippen LogP contribution >= 0.6 is 0 Å². The molecular weight excluding hydrogens is 743 g/mol. The number of hydrogen-bond donors (Lipinski definition) is 0. The number of para-hydroxylation sites is 5. The molecule has 4 heterocycles. The summed E-state index contributed by atoms with van der Waals surface area (Å²) in [5, 5.41) is 19.4. The van der Waals surface area contributed by atoms with E-state index < -0.39 is 0 Å². The van der Waals surface area contributed by atoms with Gasteiger partial charge >= 0.3 is 0 Å². The van der Waals surface area contributed by atoms with Crippen molar-refractivity contribution < 1.29 is 0 Å². The van der Waals surface area contributed by atoms with E-state index in [1.165, 1.54) is 54.4 Å². The van der Waals surface area contributed by atoms with E-state index >= 15 is 0 Å². The second-order valence-electron chi connectivity index (χ2n) is 16.1. The molecule has 0 fully saturated rings. The zero-order chi connectivity index (χ0) is 40.3. The van der Waals surface area contributed by atoms with Gasteiger partial charge < -0.3 is 18.3 Å². The first-order valence-corrected chi connectivity index (χ1v) is 20.8. The van der Waals surface area contributed by atoms with Gasteiger partial charge in [-0.25, -0.2) is 0 Å². The average Bonchev–Trinajstić information content (AvgIpc) is 4.04. The lowest BCUT2D eigenvalue weighted by atomic mass is 10.0. The van der Waals surface area contributed by atoms with Gasteiger partial charge in [0.15, 0.2) is 0 Å². The highest BCUT2D eigenvalue weighted by atomic mass is 15.0. The molecule has 0 atom stereocenters. The predicted molar refractivity (Wildman–Crippen MR) is 253 cm³/mol. The molecular formula is C56H35N5. The highest BCUT2D eigenvalue weighted by molar-refractivity contribution is 6.28. The molecule has 0 aliphatic carbocycles. The number of hydrogen-bond acceptors (Lipinski definition) is 1. The molecule has 0 bridgehead atoms. The molecule has 0 saturated heterocycles. The first-order valence-electron chi connectivity index (χ1n) is 20.8. The van der Waals surface area contributed by atoms with Gasteiger partial charge in [-0.05, 0) is 110 Å². The van der Waals surface area contributed by atoms with E-state index in [9.17, 15) is 5.26 Å². The van der Waals surface area contributed by atoms with Gasteiger partial charge in [-0.3, -0.25) is 0 Å². The lowest BCUT2D eigenvalue weighted by Crippen LogP contribution is -1.96. The van der Waals surface area contributed by atoms with E-state index in [1.807, 2.05) is 12.1 Å². The summed E-state index contributed by atoms with van der Waals surface area (Å²) in [6.45, 7) is 2.27. The van der Waals surface area contributed by atoms with Gasteiger partial charge in [0.1, 0.15) is 0 Å². The number of aryl methyl sites for hydroxylation is 1. The maximum Gasteiger partial charge on any atom is 0.0991 e. The molecule has 0 spiro atoms. The normalized spacial score (nSPS) is 12.0. The molecule has 0 saturated carbocycles. The summed E-state index contributed by atoms with van der Waals surface area (Å²) in [7, 11) is 0. The first-order chi connectivity index (χ1) is 30.2. The van der Waals surface area contributed by atoms with Crippen LogP contribution in [-0.4, -0.2) is 18.3 Å². The van der Waals surface area contributed by atoms with Crippen LogP contribution in [-0.2, 0) is 0 Å². The molecule has 13 rings (SSSR count). The number of rotatable bonds is 4. The zero-order valence-corrected chi connectivity index (χ0v) is 33.2. The highest BCUT2D eigenvalue weighted by Crippen LogP contribution is 2.46. The fourth-order valence-corrected chi connectivity index (χ4v) is 10.4. The largest absolute Gasteiger partial charge is 0.309 e. The van der Waals surface area contributed by atoms with Crippen LogP contribution in [0, 0.1) is 18.3 Å².